The van der Waals surface area contributed by atoms with E-state index < -0.39 is 35.0 Å². The zero-order valence-electron chi connectivity index (χ0n) is 26.0. The summed E-state index contributed by atoms with van der Waals surface area (Å²) < 4.78 is 5.80. The molecule has 1 N–H and O–H groups in total. The van der Waals surface area contributed by atoms with Crippen molar-refractivity contribution in [3.8, 4) is 11.5 Å². The smallest absolute Gasteiger partial charge is 0.233 e. The topological polar surface area (TPSA) is 101 Å². The van der Waals surface area contributed by atoms with E-state index in [-0.39, 0.29) is 41.3 Å². The number of likely N-dealkylation sites (tertiary alicyclic amines) is 1. The number of carbonyl (C=O) groups is 4. The molecular formula is C39H37NO6. The maximum Gasteiger partial charge on any atom is 0.233 e. The summed E-state index contributed by atoms with van der Waals surface area (Å²) in [5.41, 5.74) is 2.05. The van der Waals surface area contributed by atoms with Crippen LogP contribution in [-0.2, 0) is 24.6 Å². The van der Waals surface area contributed by atoms with Gasteiger partial charge in [0.15, 0.2) is 23.1 Å². The molecule has 0 spiro atoms. The number of phenols is 1. The molecule has 2 fully saturated rings. The van der Waals surface area contributed by atoms with Crippen LogP contribution in [0.4, 0.5) is 0 Å². The highest BCUT2D eigenvalue weighted by molar-refractivity contribution is 6.31. The molecule has 0 bridgehead atoms. The van der Waals surface area contributed by atoms with E-state index in [1.54, 1.807) is 18.2 Å². The molecule has 7 nitrogen and oxygen atoms in total. The summed E-state index contributed by atoms with van der Waals surface area (Å²) in [4.78, 5) is 58.9. The number of amides is 2. The van der Waals surface area contributed by atoms with Crippen LogP contribution in [0.3, 0.4) is 0 Å². The first-order valence-electron chi connectivity index (χ1n) is 16.2. The molecule has 6 unspecified atom stereocenters. The number of imide groups is 1. The number of benzene rings is 3. The molecule has 2 amide bonds. The third-order valence-electron chi connectivity index (χ3n) is 10.5. The SMILES string of the molecule is CCCN1C(=O)C2CC=C3C(CC4C(=O)C(c5ccccc5)=CC(=O)C4(c4ccccc4)C3c3ccc(O)c(OCC)c3)C2C1=O. The normalized spacial score (nSPS) is 28.7. The Hall–Kier alpha value is -4.78. The molecule has 3 aromatic rings. The number of rotatable bonds is 7. The van der Waals surface area contributed by atoms with Gasteiger partial charge in [0.25, 0.3) is 0 Å². The Morgan fingerprint density at radius 2 is 1.61 bits per heavy atom. The number of Topliss-reactive ketones (excluding diaryl/α,β-unsaturated/α-hetero) is 1. The zero-order valence-corrected chi connectivity index (χ0v) is 26.0. The Morgan fingerprint density at radius 3 is 2.30 bits per heavy atom. The molecule has 234 valence electrons. The second-order valence-corrected chi connectivity index (χ2v) is 12.8. The summed E-state index contributed by atoms with van der Waals surface area (Å²) in [5, 5.41) is 10.7. The van der Waals surface area contributed by atoms with Crippen LogP contribution >= 0.6 is 0 Å². The van der Waals surface area contributed by atoms with Crippen molar-refractivity contribution in [2.24, 2.45) is 23.7 Å². The van der Waals surface area contributed by atoms with E-state index in [0.29, 0.717) is 42.7 Å². The number of nitrogens with zero attached hydrogens (tertiary/aromatic N) is 1. The van der Waals surface area contributed by atoms with E-state index in [1.165, 1.54) is 11.0 Å². The maximum absolute atomic E-state index is 15.0. The lowest BCUT2D eigenvalue weighted by Crippen LogP contribution is -2.58. The minimum atomic E-state index is -1.32. The van der Waals surface area contributed by atoms with Gasteiger partial charge in [-0.15, -0.1) is 0 Å². The summed E-state index contributed by atoms with van der Waals surface area (Å²) in [6.45, 7) is 4.47. The highest BCUT2D eigenvalue weighted by atomic mass is 16.5. The number of fused-ring (bicyclic) bond motifs is 4. The Bertz CT molecular complexity index is 1790. The maximum atomic E-state index is 15.0. The molecule has 1 heterocycles. The number of hydrogen-bond donors (Lipinski definition) is 1. The Labute approximate surface area is 268 Å². The monoisotopic (exact) mass is 615 g/mol. The van der Waals surface area contributed by atoms with Crippen molar-refractivity contribution >= 4 is 29.0 Å². The van der Waals surface area contributed by atoms with Crippen molar-refractivity contribution in [3.05, 3.63) is 113 Å². The van der Waals surface area contributed by atoms with Gasteiger partial charge in [0, 0.05) is 24.0 Å². The Balaban J connectivity index is 1.50. The number of phenolic OH excluding ortho intramolecular Hbond substituents is 1. The molecule has 7 rings (SSSR count). The van der Waals surface area contributed by atoms with Gasteiger partial charge < -0.3 is 9.84 Å². The average molecular weight is 616 g/mol. The number of hydrogen-bond acceptors (Lipinski definition) is 6. The minimum absolute atomic E-state index is 0.0231. The fraction of sp³-hybridized carbons (Fsp3) is 0.333. The first-order chi connectivity index (χ1) is 22.3. The molecule has 4 aliphatic rings. The summed E-state index contributed by atoms with van der Waals surface area (Å²) in [6, 6.07) is 23.8. The second-order valence-electron chi connectivity index (χ2n) is 12.8. The van der Waals surface area contributed by atoms with Gasteiger partial charge in [-0.2, -0.15) is 0 Å². The second kappa shape index (κ2) is 11.5. The van der Waals surface area contributed by atoms with Gasteiger partial charge in [-0.05, 0) is 67.0 Å². The van der Waals surface area contributed by atoms with Crippen LogP contribution in [0, 0.1) is 23.7 Å². The predicted molar refractivity (Wildman–Crippen MR) is 173 cm³/mol. The van der Waals surface area contributed by atoms with E-state index in [0.717, 1.165) is 11.1 Å². The van der Waals surface area contributed by atoms with Crippen molar-refractivity contribution < 1.29 is 29.0 Å². The van der Waals surface area contributed by atoms with Gasteiger partial charge in [-0.3, -0.25) is 24.1 Å². The van der Waals surface area contributed by atoms with Gasteiger partial charge in [0.05, 0.1) is 23.9 Å². The number of aromatic hydroxyl groups is 1. The van der Waals surface area contributed by atoms with E-state index in [1.807, 2.05) is 74.5 Å². The third-order valence-corrected chi connectivity index (χ3v) is 10.5. The van der Waals surface area contributed by atoms with Gasteiger partial charge in [-0.1, -0.05) is 85.3 Å². The predicted octanol–water partition coefficient (Wildman–Crippen LogP) is 6.03. The van der Waals surface area contributed by atoms with Gasteiger partial charge >= 0.3 is 0 Å². The van der Waals surface area contributed by atoms with Crippen molar-refractivity contribution in [3.63, 3.8) is 0 Å². The van der Waals surface area contributed by atoms with E-state index in [4.69, 9.17) is 4.74 Å². The van der Waals surface area contributed by atoms with Crippen molar-refractivity contribution in [2.75, 3.05) is 13.2 Å². The van der Waals surface area contributed by atoms with E-state index >= 15 is 4.79 Å². The number of carbonyl (C=O) groups excluding carboxylic acids is 4. The highest BCUT2D eigenvalue weighted by Gasteiger charge is 2.65. The van der Waals surface area contributed by atoms with Crippen molar-refractivity contribution in [1.82, 2.24) is 4.90 Å². The van der Waals surface area contributed by atoms with Crippen molar-refractivity contribution in [1.29, 1.82) is 0 Å². The first kappa shape index (κ1) is 29.9. The Morgan fingerprint density at radius 1 is 0.891 bits per heavy atom. The van der Waals surface area contributed by atoms with Gasteiger partial charge in [-0.25, -0.2) is 0 Å². The van der Waals surface area contributed by atoms with Crippen LogP contribution in [0.15, 0.2) is 96.6 Å². The van der Waals surface area contributed by atoms with E-state index in [2.05, 4.69) is 6.08 Å². The van der Waals surface area contributed by atoms with Gasteiger partial charge in [0.2, 0.25) is 11.8 Å². The van der Waals surface area contributed by atoms with Crippen molar-refractivity contribution in [2.45, 2.75) is 44.4 Å². The lowest BCUT2D eigenvalue weighted by Gasteiger charge is -2.55. The molecule has 3 aromatic carbocycles. The van der Waals surface area contributed by atoms with Crippen LogP contribution in [0.1, 0.15) is 55.7 Å². The van der Waals surface area contributed by atoms with Gasteiger partial charge in [0.1, 0.15) is 0 Å². The zero-order chi connectivity index (χ0) is 32.2. The summed E-state index contributed by atoms with van der Waals surface area (Å²) in [5.74, 6) is -3.36. The molecule has 46 heavy (non-hydrogen) atoms. The highest BCUT2D eigenvalue weighted by Crippen LogP contribution is 2.64. The average Bonchev–Trinajstić information content (AvgIpc) is 3.32. The van der Waals surface area contributed by atoms with Crippen LogP contribution < -0.4 is 4.74 Å². The molecule has 6 atom stereocenters. The molecule has 0 radical (unpaired) electrons. The quantitative estimate of drug-likeness (QED) is 0.258. The number of ether oxygens (including phenoxy) is 1. The summed E-state index contributed by atoms with van der Waals surface area (Å²) >= 11 is 0. The molecule has 1 saturated carbocycles. The molecule has 0 aromatic heterocycles. The van der Waals surface area contributed by atoms with Crippen LogP contribution in [0.5, 0.6) is 11.5 Å². The Kier molecular flexibility index (Phi) is 7.50. The van der Waals surface area contributed by atoms with Crippen LogP contribution in [0.25, 0.3) is 5.57 Å². The summed E-state index contributed by atoms with van der Waals surface area (Å²) in [7, 11) is 0. The third kappa shape index (κ3) is 4.32. The number of ketones is 2. The lowest BCUT2D eigenvalue weighted by atomic mass is 9.44. The molecule has 1 saturated heterocycles. The van der Waals surface area contributed by atoms with Crippen LogP contribution in [0.2, 0.25) is 0 Å². The molecule has 1 aliphatic heterocycles. The largest absolute Gasteiger partial charge is 0.504 e. The summed E-state index contributed by atoms with van der Waals surface area (Å²) in [6.07, 6.45) is 4.88. The molecular weight excluding hydrogens is 578 g/mol. The number of allylic oxidation sites excluding steroid dienone is 4. The minimum Gasteiger partial charge on any atom is -0.504 e. The first-order valence-corrected chi connectivity index (χ1v) is 16.2. The van der Waals surface area contributed by atoms with Crippen LogP contribution in [-0.4, -0.2) is 46.5 Å². The molecule has 7 heteroatoms. The standard InChI is InChI=1S/C39H37NO6/c1-3-19-40-37(44)27-17-16-26-29(34(27)38(40)45)21-30-36(43)28(23-11-7-5-8-12-23)22-33(42)39(30,25-13-9-6-10-14-25)35(26)24-15-18-31(41)32(20-24)46-4-2/h5-16,18,20,22,27,29-30,34-35,41H,3-4,17,19,21H2,1-2H3. The molecule has 3 aliphatic carbocycles. The van der Waals surface area contributed by atoms with E-state index in [9.17, 15) is 19.5 Å². The lowest BCUT2D eigenvalue weighted by molar-refractivity contribution is -0.140. The fourth-order valence-electron chi connectivity index (χ4n) is 8.74. The fourth-order valence-corrected chi connectivity index (χ4v) is 8.74.